The van der Waals surface area contributed by atoms with Gasteiger partial charge >= 0.3 is 0 Å². The Morgan fingerprint density at radius 1 is 1.03 bits per heavy atom. The summed E-state index contributed by atoms with van der Waals surface area (Å²) in [6.07, 6.45) is 1.71. The number of carbonyl (C=O) groups is 1. The minimum Gasteiger partial charge on any atom is -0.353 e. The van der Waals surface area contributed by atoms with Crippen LogP contribution in [0.5, 0.6) is 0 Å². The molecule has 0 atom stereocenters. The number of hydrogen-bond acceptors (Lipinski definition) is 5. The number of aryl methyl sites for hydroxylation is 1. The molecule has 0 spiro atoms. The largest absolute Gasteiger partial charge is 0.353 e. The van der Waals surface area contributed by atoms with E-state index >= 15 is 0 Å². The number of nitrogens with zero attached hydrogens (tertiary/aromatic N) is 5. The molecule has 8 heteroatoms. The molecule has 154 valence electrons. The molecule has 1 aromatic carbocycles. The molecule has 0 unspecified atom stereocenters. The molecule has 0 N–H and O–H groups in total. The Bertz CT molecular complexity index is 1060. The minimum atomic E-state index is -0.600. The zero-order chi connectivity index (χ0) is 21.3. The molecule has 0 saturated carbocycles. The Labute approximate surface area is 179 Å². The Balaban J connectivity index is 1.54. The summed E-state index contributed by atoms with van der Waals surface area (Å²) >= 11 is 6.06. The lowest BCUT2D eigenvalue weighted by atomic mass is 10.1. The molecule has 2 aromatic heterocycles. The van der Waals surface area contributed by atoms with Crippen molar-refractivity contribution < 1.29 is 9.18 Å². The molecule has 30 heavy (non-hydrogen) atoms. The number of hydrogen-bond donors (Lipinski definition) is 0. The summed E-state index contributed by atoms with van der Waals surface area (Å²) in [4.78, 5) is 30.2. The quantitative estimate of drug-likeness (QED) is 0.636. The molecule has 1 aliphatic heterocycles. The first-order chi connectivity index (χ1) is 14.5. The normalized spacial score (nSPS) is 14.1. The van der Waals surface area contributed by atoms with Crippen LogP contribution < -0.4 is 4.90 Å². The molecular weight excluding hydrogens is 405 g/mol. The van der Waals surface area contributed by atoms with Gasteiger partial charge in [-0.3, -0.25) is 9.78 Å². The average molecular weight is 426 g/mol. The number of amides is 1. The van der Waals surface area contributed by atoms with Gasteiger partial charge in [-0.1, -0.05) is 23.7 Å². The molecule has 1 saturated heterocycles. The number of aromatic nitrogens is 3. The van der Waals surface area contributed by atoms with Gasteiger partial charge in [0.2, 0.25) is 0 Å². The number of anilines is 1. The maximum Gasteiger partial charge on any atom is 0.258 e. The van der Waals surface area contributed by atoms with Crippen LogP contribution in [0.2, 0.25) is 5.02 Å². The van der Waals surface area contributed by atoms with E-state index in [0.29, 0.717) is 37.7 Å². The zero-order valence-electron chi connectivity index (χ0n) is 16.8. The van der Waals surface area contributed by atoms with E-state index in [1.807, 2.05) is 32.0 Å². The first-order valence-electron chi connectivity index (χ1n) is 9.70. The van der Waals surface area contributed by atoms with Crippen LogP contribution in [0.4, 0.5) is 10.2 Å². The highest BCUT2D eigenvalue weighted by atomic mass is 35.5. The van der Waals surface area contributed by atoms with Gasteiger partial charge < -0.3 is 9.80 Å². The van der Waals surface area contributed by atoms with Crippen LogP contribution in [0.15, 0.2) is 42.6 Å². The van der Waals surface area contributed by atoms with Crippen molar-refractivity contribution in [2.24, 2.45) is 0 Å². The van der Waals surface area contributed by atoms with E-state index in [1.165, 1.54) is 18.2 Å². The number of halogens is 2. The van der Waals surface area contributed by atoms with Gasteiger partial charge in [0, 0.05) is 43.6 Å². The molecule has 0 radical (unpaired) electrons. The molecular formula is C22H21ClFN5O. The van der Waals surface area contributed by atoms with Crippen LogP contribution in [-0.2, 0) is 0 Å². The summed E-state index contributed by atoms with van der Waals surface area (Å²) in [7, 11) is 0. The standard InChI is InChI=1S/C22H21ClFN5O/c1-14-15(2)26-20(18-8-3-4-9-25-18)27-21(14)28-10-12-29(13-11-28)22(30)19-16(23)6-5-7-17(19)24/h3-9H,10-13H2,1-2H3. The van der Waals surface area contributed by atoms with Crippen molar-refractivity contribution in [3.63, 3.8) is 0 Å². The molecule has 4 rings (SSSR count). The van der Waals surface area contributed by atoms with E-state index in [9.17, 15) is 9.18 Å². The number of pyridine rings is 1. The Morgan fingerprint density at radius 3 is 2.47 bits per heavy atom. The van der Waals surface area contributed by atoms with Crippen molar-refractivity contribution in [3.05, 3.63) is 70.3 Å². The van der Waals surface area contributed by atoms with Crippen molar-refractivity contribution in [2.75, 3.05) is 31.1 Å². The molecule has 0 bridgehead atoms. The smallest absolute Gasteiger partial charge is 0.258 e. The third-order valence-electron chi connectivity index (χ3n) is 5.30. The maximum absolute atomic E-state index is 14.1. The van der Waals surface area contributed by atoms with Crippen LogP contribution in [0.25, 0.3) is 11.5 Å². The van der Waals surface area contributed by atoms with E-state index in [1.54, 1.807) is 11.1 Å². The monoisotopic (exact) mass is 425 g/mol. The lowest BCUT2D eigenvalue weighted by Crippen LogP contribution is -2.49. The lowest BCUT2D eigenvalue weighted by molar-refractivity contribution is 0.0742. The van der Waals surface area contributed by atoms with Crippen molar-refractivity contribution in [1.82, 2.24) is 19.9 Å². The van der Waals surface area contributed by atoms with Gasteiger partial charge in [-0.15, -0.1) is 0 Å². The van der Waals surface area contributed by atoms with Crippen molar-refractivity contribution in [1.29, 1.82) is 0 Å². The van der Waals surface area contributed by atoms with Crippen molar-refractivity contribution >= 4 is 23.3 Å². The first kappa shape index (κ1) is 20.2. The average Bonchev–Trinajstić information content (AvgIpc) is 2.76. The third-order valence-corrected chi connectivity index (χ3v) is 5.62. The first-order valence-corrected chi connectivity index (χ1v) is 10.1. The van der Waals surface area contributed by atoms with Gasteiger partial charge in [0.1, 0.15) is 17.3 Å². The number of piperazine rings is 1. The molecule has 0 aliphatic carbocycles. The maximum atomic E-state index is 14.1. The second kappa shape index (κ2) is 8.36. The van der Waals surface area contributed by atoms with Crippen LogP contribution in [-0.4, -0.2) is 51.9 Å². The van der Waals surface area contributed by atoms with Gasteiger partial charge in [-0.2, -0.15) is 0 Å². The summed E-state index contributed by atoms with van der Waals surface area (Å²) in [5.74, 6) is 0.421. The number of benzene rings is 1. The molecule has 1 aliphatic rings. The summed E-state index contributed by atoms with van der Waals surface area (Å²) < 4.78 is 14.1. The van der Waals surface area contributed by atoms with Gasteiger partial charge in [-0.05, 0) is 38.1 Å². The molecule has 1 amide bonds. The molecule has 3 aromatic rings. The Morgan fingerprint density at radius 2 is 1.80 bits per heavy atom. The second-order valence-electron chi connectivity index (χ2n) is 7.17. The topological polar surface area (TPSA) is 62.2 Å². The molecule has 1 fully saturated rings. The third kappa shape index (κ3) is 3.85. The van der Waals surface area contributed by atoms with E-state index < -0.39 is 5.82 Å². The number of rotatable bonds is 3. The highest BCUT2D eigenvalue weighted by Gasteiger charge is 2.27. The van der Waals surface area contributed by atoms with Crippen molar-refractivity contribution in [3.8, 4) is 11.5 Å². The lowest BCUT2D eigenvalue weighted by Gasteiger charge is -2.36. The fourth-order valence-corrected chi connectivity index (χ4v) is 3.76. The van der Waals surface area contributed by atoms with Crippen LogP contribution in [0, 0.1) is 19.7 Å². The molecule has 3 heterocycles. The van der Waals surface area contributed by atoms with Gasteiger partial charge in [0.25, 0.3) is 5.91 Å². The van der Waals surface area contributed by atoms with E-state index in [2.05, 4.69) is 14.9 Å². The van der Waals surface area contributed by atoms with E-state index in [-0.39, 0.29) is 16.5 Å². The van der Waals surface area contributed by atoms with Gasteiger partial charge in [-0.25, -0.2) is 14.4 Å². The van der Waals surface area contributed by atoms with Crippen LogP contribution >= 0.6 is 11.6 Å². The molecule has 6 nitrogen and oxygen atoms in total. The van der Waals surface area contributed by atoms with Crippen LogP contribution in [0.3, 0.4) is 0 Å². The van der Waals surface area contributed by atoms with E-state index in [0.717, 1.165) is 17.1 Å². The van der Waals surface area contributed by atoms with Crippen LogP contribution in [0.1, 0.15) is 21.6 Å². The summed E-state index contributed by atoms with van der Waals surface area (Å²) in [6, 6.07) is 9.90. The summed E-state index contributed by atoms with van der Waals surface area (Å²) in [5, 5.41) is 0.129. The van der Waals surface area contributed by atoms with E-state index in [4.69, 9.17) is 16.6 Å². The van der Waals surface area contributed by atoms with Gasteiger partial charge in [0.05, 0.1) is 10.6 Å². The Hall–Kier alpha value is -3.06. The zero-order valence-corrected chi connectivity index (χ0v) is 17.5. The second-order valence-corrected chi connectivity index (χ2v) is 7.58. The number of carbonyl (C=O) groups excluding carboxylic acids is 1. The SMILES string of the molecule is Cc1nc(-c2ccccn2)nc(N2CCN(C(=O)c3c(F)cccc3Cl)CC2)c1C. The fourth-order valence-electron chi connectivity index (χ4n) is 3.51. The highest BCUT2D eigenvalue weighted by molar-refractivity contribution is 6.33. The predicted molar refractivity (Wildman–Crippen MR) is 114 cm³/mol. The summed E-state index contributed by atoms with van der Waals surface area (Å²) in [6.45, 7) is 6.00. The van der Waals surface area contributed by atoms with Crippen molar-refractivity contribution in [2.45, 2.75) is 13.8 Å². The Kier molecular flexibility index (Phi) is 5.63. The predicted octanol–water partition coefficient (Wildman–Crippen LogP) is 3.91. The van der Waals surface area contributed by atoms with Gasteiger partial charge in [0.15, 0.2) is 5.82 Å². The summed E-state index contributed by atoms with van der Waals surface area (Å²) in [5.41, 5.74) is 2.52. The minimum absolute atomic E-state index is 0.0703. The fraction of sp³-hybridized carbons (Fsp3) is 0.273. The highest BCUT2D eigenvalue weighted by Crippen LogP contribution is 2.26.